The minimum Gasteiger partial charge on any atom is -0.399 e. The molecule has 3 rings (SSSR count). The van der Waals surface area contributed by atoms with Crippen molar-refractivity contribution in [1.82, 2.24) is 10.1 Å². The Morgan fingerprint density at radius 3 is 2.76 bits per heavy atom. The highest BCUT2D eigenvalue weighted by atomic mass is 79.9. The fourth-order valence-corrected chi connectivity index (χ4v) is 3.46. The van der Waals surface area contributed by atoms with Crippen LogP contribution in [0.25, 0.3) is 11.5 Å². The lowest BCUT2D eigenvalue weighted by molar-refractivity contribution is 0.305. The van der Waals surface area contributed by atoms with Crippen LogP contribution in [-0.4, -0.2) is 10.1 Å². The van der Waals surface area contributed by atoms with Crippen molar-refractivity contribution in [3.05, 3.63) is 28.5 Å². The zero-order valence-corrected chi connectivity index (χ0v) is 13.8. The summed E-state index contributed by atoms with van der Waals surface area (Å²) in [7, 11) is 0. The molecule has 5 heteroatoms. The van der Waals surface area contributed by atoms with Gasteiger partial charge in [-0.15, -0.1) is 0 Å². The molecule has 0 amide bonds. The predicted octanol–water partition coefficient (Wildman–Crippen LogP) is 4.77. The molecule has 0 unspecified atom stereocenters. The van der Waals surface area contributed by atoms with E-state index < -0.39 is 0 Å². The number of hydrogen-bond acceptors (Lipinski definition) is 4. The maximum Gasteiger partial charge on any atom is 0.259 e. The largest absolute Gasteiger partial charge is 0.399 e. The Hall–Kier alpha value is -1.36. The SMILES string of the molecule is CCC1CCC(c2noc(-c3cc(N)ccc3Br)n2)CC1. The van der Waals surface area contributed by atoms with Crippen molar-refractivity contribution in [1.29, 1.82) is 0 Å². The van der Waals surface area contributed by atoms with E-state index in [0.717, 1.165) is 34.6 Å². The summed E-state index contributed by atoms with van der Waals surface area (Å²) in [6.45, 7) is 2.27. The van der Waals surface area contributed by atoms with E-state index in [4.69, 9.17) is 10.3 Å². The highest BCUT2D eigenvalue weighted by molar-refractivity contribution is 9.10. The predicted molar refractivity (Wildman–Crippen MR) is 86.8 cm³/mol. The topological polar surface area (TPSA) is 64.9 Å². The smallest absolute Gasteiger partial charge is 0.259 e. The van der Waals surface area contributed by atoms with Crippen LogP contribution in [0.5, 0.6) is 0 Å². The van der Waals surface area contributed by atoms with Crippen molar-refractivity contribution < 1.29 is 4.52 Å². The number of rotatable bonds is 3. The van der Waals surface area contributed by atoms with E-state index in [9.17, 15) is 0 Å². The molecule has 1 aliphatic carbocycles. The molecule has 0 saturated heterocycles. The lowest BCUT2D eigenvalue weighted by Gasteiger charge is -2.25. The number of benzene rings is 1. The van der Waals surface area contributed by atoms with Gasteiger partial charge in [0.15, 0.2) is 5.82 Å². The zero-order valence-electron chi connectivity index (χ0n) is 12.2. The van der Waals surface area contributed by atoms with Crippen molar-refractivity contribution in [2.45, 2.75) is 44.9 Å². The van der Waals surface area contributed by atoms with Crippen LogP contribution in [-0.2, 0) is 0 Å². The van der Waals surface area contributed by atoms with E-state index in [2.05, 4.69) is 33.0 Å². The summed E-state index contributed by atoms with van der Waals surface area (Å²) in [4.78, 5) is 4.59. The van der Waals surface area contributed by atoms with Crippen LogP contribution in [0.2, 0.25) is 0 Å². The second-order valence-electron chi connectivity index (χ2n) is 5.82. The second kappa shape index (κ2) is 6.18. The Balaban J connectivity index is 1.79. The molecule has 1 aliphatic rings. The van der Waals surface area contributed by atoms with Gasteiger partial charge in [0.05, 0.1) is 5.56 Å². The molecule has 2 N–H and O–H groups in total. The molecular formula is C16H20BrN3O. The van der Waals surface area contributed by atoms with Gasteiger partial charge >= 0.3 is 0 Å². The van der Waals surface area contributed by atoms with Gasteiger partial charge in [-0.25, -0.2) is 0 Å². The van der Waals surface area contributed by atoms with Crippen LogP contribution < -0.4 is 5.73 Å². The average molecular weight is 350 g/mol. The van der Waals surface area contributed by atoms with E-state index in [1.807, 2.05) is 18.2 Å². The third kappa shape index (κ3) is 3.12. The van der Waals surface area contributed by atoms with Crippen LogP contribution in [0.1, 0.15) is 50.8 Å². The lowest BCUT2D eigenvalue weighted by atomic mass is 9.80. The van der Waals surface area contributed by atoms with Gasteiger partial charge in [-0.2, -0.15) is 4.98 Å². The first-order chi connectivity index (χ1) is 10.2. The molecule has 0 radical (unpaired) electrons. The van der Waals surface area contributed by atoms with Crippen LogP contribution in [0.3, 0.4) is 0 Å². The number of nitrogens with zero attached hydrogens (tertiary/aromatic N) is 2. The molecule has 0 spiro atoms. The third-order valence-corrected chi connectivity index (χ3v) is 5.14. The van der Waals surface area contributed by atoms with Crippen molar-refractivity contribution in [2.75, 3.05) is 5.73 Å². The molecular weight excluding hydrogens is 330 g/mol. The first kappa shape index (κ1) is 14.6. The molecule has 1 saturated carbocycles. The monoisotopic (exact) mass is 349 g/mol. The minimum atomic E-state index is 0.435. The number of nitrogens with two attached hydrogens (primary N) is 1. The molecule has 0 bridgehead atoms. The molecule has 0 atom stereocenters. The molecule has 21 heavy (non-hydrogen) atoms. The van der Waals surface area contributed by atoms with E-state index in [-0.39, 0.29) is 0 Å². The Kier molecular flexibility index (Phi) is 4.29. The summed E-state index contributed by atoms with van der Waals surface area (Å²) in [6, 6.07) is 5.60. The zero-order chi connectivity index (χ0) is 14.8. The van der Waals surface area contributed by atoms with Crippen molar-refractivity contribution in [2.24, 2.45) is 5.92 Å². The van der Waals surface area contributed by atoms with Gasteiger partial charge in [-0.1, -0.05) is 18.5 Å². The molecule has 112 valence electrons. The molecule has 0 aliphatic heterocycles. The van der Waals surface area contributed by atoms with E-state index in [1.165, 1.54) is 19.3 Å². The van der Waals surface area contributed by atoms with E-state index >= 15 is 0 Å². The Morgan fingerprint density at radius 1 is 1.29 bits per heavy atom. The second-order valence-corrected chi connectivity index (χ2v) is 6.68. The molecule has 1 aromatic heterocycles. The molecule has 4 nitrogen and oxygen atoms in total. The van der Waals surface area contributed by atoms with Gasteiger partial charge in [0.25, 0.3) is 5.89 Å². The summed E-state index contributed by atoms with van der Waals surface area (Å²) >= 11 is 3.51. The lowest BCUT2D eigenvalue weighted by Crippen LogP contribution is -2.13. The van der Waals surface area contributed by atoms with Crippen LogP contribution >= 0.6 is 15.9 Å². The minimum absolute atomic E-state index is 0.435. The van der Waals surface area contributed by atoms with Gasteiger partial charge in [-0.3, -0.25) is 0 Å². The summed E-state index contributed by atoms with van der Waals surface area (Å²) in [5, 5.41) is 4.19. The first-order valence-electron chi connectivity index (χ1n) is 7.56. The summed E-state index contributed by atoms with van der Waals surface area (Å²) in [5.74, 6) is 2.69. The highest BCUT2D eigenvalue weighted by Gasteiger charge is 2.25. The molecule has 1 fully saturated rings. The third-order valence-electron chi connectivity index (χ3n) is 4.45. The number of nitrogen functional groups attached to an aromatic ring is 1. The quantitative estimate of drug-likeness (QED) is 0.810. The summed E-state index contributed by atoms with van der Waals surface area (Å²) in [6.07, 6.45) is 6.14. The Bertz CT molecular complexity index is 618. The highest BCUT2D eigenvalue weighted by Crippen LogP contribution is 2.37. The Morgan fingerprint density at radius 2 is 2.05 bits per heavy atom. The average Bonchev–Trinajstić information content (AvgIpc) is 2.99. The molecule has 2 aromatic rings. The van der Waals surface area contributed by atoms with E-state index in [0.29, 0.717) is 17.5 Å². The van der Waals surface area contributed by atoms with Gasteiger partial charge in [-0.05, 0) is 65.7 Å². The summed E-state index contributed by atoms with van der Waals surface area (Å²) in [5.41, 5.74) is 7.38. The molecule has 1 heterocycles. The van der Waals surface area contributed by atoms with Gasteiger partial charge < -0.3 is 10.3 Å². The Labute approximate surface area is 133 Å². The maximum absolute atomic E-state index is 5.83. The van der Waals surface area contributed by atoms with E-state index in [1.54, 1.807) is 0 Å². The fraction of sp³-hybridized carbons (Fsp3) is 0.500. The van der Waals surface area contributed by atoms with Crippen molar-refractivity contribution in [3.63, 3.8) is 0 Å². The normalized spacial score (nSPS) is 22.4. The van der Waals surface area contributed by atoms with Crippen molar-refractivity contribution in [3.8, 4) is 11.5 Å². The molecule has 1 aromatic carbocycles. The number of aromatic nitrogens is 2. The fourth-order valence-electron chi connectivity index (χ4n) is 3.05. The van der Waals surface area contributed by atoms with Crippen LogP contribution in [0, 0.1) is 5.92 Å². The number of anilines is 1. The maximum atomic E-state index is 5.83. The number of hydrogen-bond donors (Lipinski definition) is 1. The number of halogens is 1. The summed E-state index contributed by atoms with van der Waals surface area (Å²) < 4.78 is 6.36. The van der Waals surface area contributed by atoms with Crippen LogP contribution in [0.4, 0.5) is 5.69 Å². The van der Waals surface area contributed by atoms with Gasteiger partial charge in [0, 0.05) is 16.1 Å². The van der Waals surface area contributed by atoms with Crippen LogP contribution in [0.15, 0.2) is 27.2 Å². The van der Waals surface area contributed by atoms with Gasteiger partial charge in [0.2, 0.25) is 0 Å². The van der Waals surface area contributed by atoms with Crippen molar-refractivity contribution >= 4 is 21.6 Å². The standard InChI is InChI=1S/C16H20BrN3O/c1-2-10-3-5-11(6-4-10)15-19-16(21-20-15)13-9-12(18)7-8-14(13)17/h7-11H,2-6,18H2,1H3. The van der Waals surface area contributed by atoms with Gasteiger partial charge in [0.1, 0.15) is 0 Å². The first-order valence-corrected chi connectivity index (χ1v) is 8.35.